The molecule has 0 bridgehead atoms. The summed E-state index contributed by atoms with van der Waals surface area (Å²) in [6.45, 7) is 4.92. The number of carbonyl (C=O) groups excluding carboxylic acids is 2. The molecular formula is C16H16F5NO4. The maximum Gasteiger partial charge on any atom is 0.411 e. The maximum atomic E-state index is 13.6. The Hall–Kier alpha value is -2.39. The molecular weight excluding hydrogens is 365 g/mol. The third kappa shape index (κ3) is 3.88. The fourth-order valence-corrected chi connectivity index (χ4v) is 2.39. The molecule has 144 valence electrons. The van der Waals surface area contributed by atoms with Crippen LogP contribution in [0.1, 0.15) is 33.6 Å². The second kappa shape index (κ2) is 7.08. The van der Waals surface area contributed by atoms with Crippen molar-refractivity contribution in [3.8, 4) is 5.75 Å². The van der Waals surface area contributed by atoms with E-state index in [4.69, 9.17) is 4.74 Å². The van der Waals surface area contributed by atoms with E-state index in [1.54, 1.807) is 20.8 Å². The van der Waals surface area contributed by atoms with Gasteiger partial charge in [-0.25, -0.2) is 22.8 Å². The molecule has 0 saturated carbocycles. The number of benzene rings is 1. The van der Waals surface area contributed by atoms with Crippen LogP contribution in [0, 0.1) is 29.1 Å². The van der Waals surface area contributed by atoms with Crippen LogP contribution in [0.5, 0.6) is 5.75 Å². The van der Waals surface area contributed by atoms with Crippen molar-refractivity contribution in [1.29, 1.82) is 0 Å². The van der Waals surface area contributed by atoms with Gasteiger partial charge in [0.25, 0.3) is 0 Å². The van der Waals surface area contributed by atoms with E-state index in [9.17, 15) is 31.5 Å². The Morgan fingerprint density at radius 2 is 1.46 bits per heavy atom. The highest BCUT2D eigenvalue weighted by Crippen LogP contribution is 2.30. The molecule has 0 radical (unpaired) electrons. The van der Waals surface area contributed by atoms with Crippen molar-refractivity contribution < 1.29 is 41.0 Å². The number of hydrogen-bond acceptors (Lipinski definition) is 4. The highest BCUT2D eigenvalue weighted by molar-refractivity contribution is 5.83. The summed E-state index contributed by atoms with van der Waals surface area (Å²) in [6, 6.07) is -1.26. The van der Waals surface area contributed by atoms with E-state index >= 15 is 0 Å². The lowest BCUT2D eigenvalue weighted by Gasteiger charge is -2.27. The van der Waals surface area contributed by atoms with E-state index in [0.29, 0.717) is 6.42 Å². The highest BCUT2D eigenvalue weighted by atomic mass is 19.2. The number of likely N-dealkylation sites (tertiary alicyclic amines) is 1. The van der Waals surface area contributed by atoms with Crippen molar-refractivity contribution in [3.63, 3.8) is 0 Å². The molecule has 5 nitrogen and oxygen atoms in total. The van der Waals surface area contributed by atoms with E-state index in [1.807, 2.05) is 0 Å². The summed E-state index contributed by atoms with van der Waals surface area (Å²) in [6.07, 6.45) is -0.391. The lowest BCUT2D eigenvalue weighted by atomic mass is 10.2. The van der Waals surface area contributed by atoms with Crippen molar-refractivity contribution in [2.24, 2.45) is 0 Å². The molecule has 0 aromatic heterocycles. The lowest BCUT2D eigenvalue weighted by molar-refractivity contribution is -0.139. The Kier molecular flexibility index (Phi) is 5.43. The predicted molar refractivity (Wildman–Crippen MR) is 77.8 cm³/mol. The molecule has 1 fully saturated rings. The Morgan fingerprint density at radius 1 is 0.962 bits per heavy atom. The standard InChI is InChI=1S/C16H16F5NO4/c1-16(2,3)26-15(24)22-6-4-5-7(22)14(23)25-13-11(20)9(18)8(17)10(19)12(13)21/h7H,4-6H2,1-3H3/t7-/m0/s1. The first-order valence-corrected chi connectivity index (χ1v) is 7.66. The number of nitrogens with zero attached hydrogens (tertiary/aromatic N) is 1. The molecule has 0 aliphatic carbocycles. The van der Waals surface area contributed by atoms with Gasteiger partial charge in [-0.2, -0.15) is 8.78 Å². The zero-order chi connectivity index (χ0) is 19.8. The van der Waals surface area contributed by atoms with Gasteiger partial charge in [0.15, 0.2) is 0 Å². The van der Waals surface area contributed by atoms with Crippen LogP contribution in [0.2, 0.25) is 0 Å². The molecule has 1 heterocycles. The molecule has 1 aliphatic heterocycles. The first-order valence-electron chi connectivity index (χ1n) is 7.66. The molecule has 1 saturated heterocycles. The van der Waals surface area contributed by atoms with E-state index in [-0.39, 0.29) is 13.0 Å². The van der Waals surface area contributed by atoms with Gasteiger partial charge in [0, 0.05) is 6.54 Å². The van der Waals surface area contributed by atoms with Gasteiger partial charge in [0.05, 0.1) is 0 Å². The zero-order valence-corrected chi connectivity index (χ0v) is 14.2. The molecule has 2 rings (SSSR count). The largest absolute Gasteiger partial charge is 0.444 e. The van der Waals surface area contributed by atoms with Crippen LogP contribution in [0.25, 0.3) is 0 Å². The molecule has 1 aliphatic rings. The van der Waals surface area contributed by atoms with Crippen molar-refractivity contribution in [1.82, 2.24) is 4.90 Å². The third-order valence-electron chi connectivity index (χ3n) is 3.53. The van der Waals surface area contributed by atoms with Gasteiger partial charge in [0.1, 0.15) is 11.6 Å². The predicted octanol–water partition coefficient (Wildman–Crippen LogP) is 3.69. The number of amides is 1. The third-order valence-corrected chi connectivity index (χ3v) is 3.53. The van der Waals surface area contributed by atoms with Crippen molar-refractivity contribution in [2.75, 3.05) is 6.54 Å². The minimum Gasteiger partial charge on any atom is -0.444 e. The van der Waals surface area contributed by atoms with Crippen molar-refractivity contribution >= 4 is 12.1 Å². The number of rotatable bonds is 2. The molecule has 1 amide bonds. The van der Waals surface area contributed by atoms with E-state index in [2.05, 4.69) is 4.74 Å². The zero-order valence-electron chi connectivity index (χ0n) is 14.2. The maximum absolute atomic E-state index is 13.6. The molecule has 0 N–H and O–H groups in total. The number of esters is 1. The van der Waals surface area contributed by atoms with Gasteiger partial charge >= 0.3 is 12.1 Å². The summed E-state index contributed by atoms with van der Waals surface area (Å²) < 4.78 is 76.2. The number of carbonyl (C=O) groups is 2. The number of halogens is 5. The van der Waals surface area contributed by atoms with Crippen LogP contribution >= 0.6 is 0 Å². The molecule has 1 aromatic rings. The van der Waals surface area contributed by atoms with Crippen LogP contribution < -0.4 is 4.74 Å². The first-order chi connectivity index (χ1) is 11.9. The van der Waals surface area contributed by atoms with Gasteiger partial charge in [-0.1, -0.05) is 0 Å². The fraction of sp³-hybridized carbons (Fsp3) is 0.500. The van der Waals surface area contributed by atoms with E-state index < -0.39 is 58.5 Å². The minimum absolute atomic E-state index is 0.0907. The Labute approximate surface area is 145 Å². The lowest BCUT2D eigenvalue weighted by Crippen LogP contribution is -2.45. The Bertz CT molecular complexity index is 718. The minimum atomic E-state index is -2.36. The van der Waals surface area contributed by atoms with Crippen LogP contribution in [-0.4, -0.2) is 35.2 Å². The normalized spacial score (nSPS) is 17.4. The summed E-state index contributed by atoms with van der Waals surface area (Å²) in [7, 11) is 0. The average Bonchev–Trinajstić information content (AvgIpc) is 3.03. The average molecular weight is 381 g/mol. The van der Waals surface area contributed by atoms with Crippen LogP contribution in [0.3, 0.4) is 0 Å². The van der Waals surface area contributed by atoms with Gasteiger partial charge < -0.3 is 9.47 Å². The summed E-state index contributed by atoms with van der Waals surface area (Å²) in [5, 5.41) is 0. The smallest absolute Gasteiger partial charge is 0.411 e. The van der Waals surface area contributed by atoms with Gasteiger partial charge in [-0.15, -0.1) is 0 Å². The molecule has 10 heteroatoms. The SMILES string of the molecule is CC(C)(C)OC(=O)N1CCC[C@H]1C(=O)Oc1c(F)c(F)c(F)c(F)c1F. The summed E-state index contributed by atoms with van der Waals surface area (Å²) in [4.78, 5) is 25.2. The molecule has 1 atom stereocenters. The first kappa shape index (κ1) is 19.9. The van der Waals surface area contributed by atoms with Gasteiger partial charge in [-0.05, 0) is 33.6 Å². The summed E-state index contributed by atoms with van der Waals surface area (Å²) in [5.74, 6) is -14.4. The second-order valence-electron chi connectivity index (χ2n) is 6.65. The Balaban J connectivity index is 2.24. The monoisotopic (exact) mass is 381 g/mol. The Morgan fingerprint density at radius 3 is 1.96 bits per heavy atom. The molecule has 1 aromatic carbocycles. The molecule has 0 spiro atoms. The van der Waals surface area contributed by atoms with E-state index in [0.717, 1.165) is 4.90 Å². The van der Waals surface area contributed by atoms with Crippen LogP contribution in [0.15, 0.2) is 0 Å². The summed E-state index contributed by atoms with van der Waals surface area (Å²) >= 11 is 0. The van der Waals surface area contributed by atoms with Crippen LogP contribution in [0.4, 0.5) is 26.7 Å². The van der Waals surface area contributed by atoms with Crippen molar-refractivity contribution in [3.05, 3.63) is 29.1 Å². The van der Waals surface area contributed by atoms with Gasteiger partial charge in [0.2, 0.25) is 34.8 Å². The quantitative estimate of drug-likeness (QED) is 0.258. The molecule has 26 heavy (non-hydrogen) atoms. The van der Waals surface area contributed by atoms with E-state index in [1.165, 1.54) is 0 Å². The van der Waals surface area contributed by atoms with Crippen LogP contribution in [-0.2, 0) is 9.53 Å². The fourth-order valence-electron chi connectivity index (χ4n) is 2.39. The highest BCUT2D eigenvalue weighted by Gasteiger charge is 2.39. The molecule has 0 unspecified atom stereocenters. The number of hydrogen-bond donors (Lipinski definition) is 0. The topological polar surface area (TPSA) is 55.8 Å². The van der Waals surface area contributed by atoms with Crippen molar-refractivity contribution in [2.45, 2.75) is 45.3 Å². The second-order valence-corrected chi connectivity index (χ2v) is 6.65. The van der Waals surface area contributed by atoms with Gasteiger partial charge in [-0.3, -0.25) is 4.90 Å². The summed E-state index contributed by atoms with van der Waals surface area (Å²) in [5.41, 5.74) is -0.852. The number of ether oxygens (including phenoxy) is 2.